The molecule has 2 heterocycles. The number of piperidine rings is 1. The molecule has 3 rings (SSSR count). The Morgan fingerprint density at radius 3 is 2.52 bits per heavy atom. The number of thiazole rings is 1. The van der Waals surface area contributed by atoms with Crippen molar-refractivity contribution in [1.29, 1.82) is 0 Å². The number of aromatic nitrogens is 1. The van der Waals surface area contributed by atoms with Crippen molar-refractivity contribution < 1.29 is 13.5 Å². The first-order valence-corrected chi connectivity index (χ1v) is 9.75. The summed E-state index contributed by atoms with van der Waals surface area (Å²) in [5.74, 6) is 0. The number of anilines is 1. The molecular weight excluding hydrogens is 358 g/mol. The molecule has 1 fully saturated rings. The van der Waals surface area contributed by atoms with Gasteiger partial charge in [0.15, 0.2) is 9.34 Å². The van der Waals surface area contributed by atoms with Crippen LogP contribution >= 0.6 is 22.9 Å². The number of hydrogen-bond donors (Lipinski definition) is 2. The predicted octanol–water partition coefficient (Wildman–Crippen LogP) is 1.93. The minimum atomic E-state index is -3.73. The summed E-state index contributed by atoms with van der Waals surface area (Å²) < 4.78 is 22.7. The molecule has 3 N–H and O–H groups in total. The molecule has 23 heavy (non-hydrogen) atoms. The molecule has 1 saturated heterocycles. The largest absolute Gasteiger partial charge is 0.385 e. The van der Waals surface area contributed by atoms with E-state index < -0.39 is 15.6 Å². The number of benzene rings is 1. The minimum Gasteiger partial charge on any atom is -0.385 e. The first-order valence-electron chi connectivity index (χ1n) is 7.00. The van der Waals surface area contributed by atoms with Crippen LogP contribution in [0.1, 0.15) is 18.4 Å². The lowest BCUT2D eigenvalue weighted by Crippen LogP contribution is -2.42. The van der Waals surface area contributed by atoms with Crippen LogP contribution in [-0.4, -0.2) is 31.6 Å². The van der Waals surface area contributed by atoms with Gasteiger partial charge in [0.25, 0.3) is 0 Å². The molecular formula is C14H16ClN3O3S2. The van der Waals surface area contributed by atoms with Gasteiger partial charge in [0.2, 0.25) is 10.0 Å². The van der Waals surface area contributed by atoms with Crippen LogP contribution in [-0.2, 0) is 15.6 Å². The normalized spacial score (nSPS) is 18.1. The molecule has 0 spiro atoms. The van der Waals surface area contributed by atoms with Gasteiger partial charge in [-0.2, -0.15) is 0 Å². The number of halogens is 1. The maximum Gasteiger partial charge on any atom is 0.249 e. The summed E-state index contributed by atoms with van der Waals surface area (Å²) in [5.41, 5.74) is -0.250. The van der Waals surface area contributed by atoms with Crippen molar-refractivity contribution in [2.45, 2.75) is 22.7 Å². The highest BCUT2D eigenvalue weighted by atomic mass is 35.5. The van der Waals surface area contributed by atoms with Gasteiger partial charge in [0, 0.05) is 23.7 Å². The number of rotatable bonds is 3. The number of sulfonamides is 1. The number of primary sulfonamides is 1. The highest BCUT2D eigenvalue weighted by Gasteiger charge is 2.36. The average molecular weight is 374 g/mol. The molecule has 0 radical (unpaired) electrons. The molecule has 124 valence electrons. The number of nitrogens with zero attached hydrogens (tertiary/aromatic N) is 2. The van der Waals surface area contributed by atoms with Gasteiger partial charge in [-0.3, -0.25) is 0 Å². The van der Waals surface area contributed by atoms with Gasteiger partial charge in [0.1, 0.15) is 0 Å². The third-order valence-electron chi connectivity index (χ3n) is 3.99. The molecule has 0 aliphatic carbocycles. The quantitative estimate of drug-likeness (QED) is 0.856. The van der Waals surface area contributed by atoms with E-state index in [2.05, 4.69) is 4.98 Å². The zero-order chi connectivity index (χ0) is 16.7. The van der Waals surface area contributed by atoms with Crippen molar-refractivity contribution >= 4 is 38.1 Å². The molecule has 9 heteroatoms. The molecule has 2 aromatic rings. The summed E-state index contributed by atoms with van der Waals surface area (Å²) in [4.78, 5) is 6.07. The van der Waals surface area contributed by atoms with Crippen molar-refractivity contribution in [3.05, 3.63) is 41.0 Å². The fourth-order valence-electron chi connectivity index (χ4n) is 2.70. The lowest BCUT2D eigenvalue weighted by Gasteiger charge is -2.38. The maximum atomic E-state index is 11.3. The second kappa shape index (κ2) is 6.03. The first kappa shape index (κ1) is 16.7. The summed E-state index contributed by atoms with van der Waals surface area (Å²) in [7, 11) is -3.73. The zero-order valence-corrected chi connectivity index (χ0v) is 14.5. The molecule has 0 unspecified atom stereocenters. The summed E-state index contributed by atoms with van der Waals surface area (Å²) in [6, 6.07) is 7.28. The van der Waals surface area contributed by atoms with E-state index in [9.17, 15) is 13.5 Å². The summed E-state index contributed by atoms with van der Waals surface area (Å²) in [5, 5.41) is 17.1. The van der Waals surface area contributed by atoms with Crippen LogP contribution in [0, 0.1) is 0 Å². The van der Waals surface area contributed by atoms with Gasteiger partial charge in [-0.05, 0) is 18.9 Å². The lowest BCUT2D eigenvalue weighted by atomic mass is 9.84. The second-order valence-electron chi connectivity index (χ2n) is 5.51. The molecule has 0 saturated carbocycles. The standard InChI is InChI=1S/C14H16ClN3O3S2/c15-11-4-2-1-3-10(11)14(19)5-7-18(8-6-14)13-17-9-12(22-13)23(16,20)21/h1-4,9,19H,5-8H2,(H2,16,20,21). The Hall–Kier alpha value is -1.19. The van der Waals surface area contributed by atoms with Crippen LogP contribution in [0.5, 0.6) is 0 Å². The molecule has 1 aromatic carbocycles. The van der Waals surface area contributed by atoms with Crippen LogP contribution < -0.4 is 10.0 Å². The Labute approximate surface area is 143 Å². The first-order chi connectivity index (χ1) is 10.8. The van der Waals surface area contributed by atoms with Gasteiger partial charge in [0.05, 0.1) is 11.8 Å². The van der Waals surface area contributed by atoms with E-state index in [0.29, 0.717) is 36.1 Å². The van der Waals surface area contributed by atoms with Crippen molar-refractivity contribution in [3.63, 3.8) is 0 Å². The van der Waals surface area contributed by atoms with Crippen LogP contribution in [0.3, 0.4) is 0 Å². The average Bonchev–Trinajstić information content (AvgIpc) is 2.98. The van der Waals surface area contributed by atoms with Gasteiger partial charge < -0.3 is 10.0 Å². The Morgan fingerprint density at radius 1 is 1.30 bits per heavy atom. The van der Waals surface area contributed by atoms with E-state index in [1.54, 1.807) is 6.07 Å². The fourth-order valence-corrected chi connectivity index (χ4v) is 4.61. The van der Waals surface area contributed by atoms with Gasteiger partial charge in [-0.25, -0.2) is 18.5 Å². The lowest BCUT2D eigenvalue weighted by molar-refractivity contribution is 0.0119. The van der Waals surface area contributed by atoms with E-state index in [1.165, 1.54) is 6.20 Å². The van der Waals surface area contributed by atoms with E-state index in [-0.39, 0.29) is 4.21 Å². The molecule has 1 aromatic heterocycles. The molecule has 0 amide bonds. The van der Waals surface area contributed by atoms with Crippen LogP contribution in [0.4, 0.5) is 5.13 Å². The Morgan fingerprint density at radius 2 is 1.96 bits per heavy atom. The third kappa shape index (κ3) is 3.36. The van der Waals surface area contributed by atoms with Crippen LogP contribution in [0.2, 0.25) is 5.02 Å². The number of aliphatic hydroxyl groups is 1. The zero-order valence-electron chi connectivity index (χ0n) is 12.1. The summed E-state index contributed by atoms with van der Waals surface area (Å²) >= 11 is 7.23. The predicted molar refractivity (Wildman–Crippen MR) is 90.3 cm³/mol. The minimum absolute atomic E-state index is 0.0411. The van der Waals surface area contributed by atoms with Gasteiger partial charge in [-0.15, -0.1) is 0 Å². The van der Waals surface area contributed by atoms with E-state index in [4.69, 9.17) is 16.7 Å². The Bertz CT molecular complexity index is 814. The van der Waals surface area contributed by atoms with E-state index in [0.717, 1.165) is 16.9 Å². The fraction of sp³-hybridized carbons (Fsp3) is 0.357. The summed E-state index contributed by atoms with van der Waals surface area (Å²) in [6.07, 6.45) is 2.24. The monoisotopic (exact) mass is 373 g/mol. The number of nitrogens with two attached hydrogens (primary N) is 1. The van der Waals surface area contributed by atoms with E-state index in [1.807, 2.05) is 23.1 Å². The maximum absolute atomic E-state index is 11.3. The Kier molecular flexibility index (Phi) is 4.37. The van der Waals surface area contributed by atoms with Crippen LogP contribution in [0.25, 0.3) is 0 Å². The van der Waals surface area contributed by atoms with Gasteiger partial charge >= 0.3 is 0 Å². The Balaban J connectivity index is 1.76. The van der Waals surface area contributed by atoms with Crippen LogP contribution in [0.15, 0.2) is 34.7 Å². The SMILES string of the molecule is NS(=O)(=O)c1cnc(N2CCC(O)(c3ccccc3Cl)CC2)s1. The van der Waals surface area contributed by atoms with Crippen molar-refractivity contribution in [1.82, 2.24) is 4.98 Å². The molecule has 1 aliphatic rings. The third-order valence-corrected chi connectivity index (χ3v) is 6.78. The summed E-state index contributed by atoms with van der Waals surface area (Å²) in [6.45, 7) is 1.11. The van der Waals surface area contributed by atoms with Crippen molar-refractivity contribution in [3.8, 4) is 0 Å². The molecule has 0 bridgehead atoms. The highest BCUT2D eigenvalue weighted by Crippen LogP contribution is 2.38. The molecule has 1 aliphatic heterocycles. The highest BCUT2D eigenvalue weighted by molar-refractivity contribution is 7.91. The molecule has 6 nitrogen and oxygen atoms in total. The second-order valence-corrected chi connectivity index (χ2v) is 8.71. The molecule has 0 atom stereocenters. The van der Waals surface area contributed by atoms with E-state index >= 15 is 0 Å². The van der Waals surface area contributed by atoms with Gasteiger partial charge in [-0.1, -0.05) is 41.1 Å². The van der Waals surface area contributed by atoms with Crippen molar-refractivity contribution in [2.24, 2.45) is 5.14 Å². The topological polar surface area (TPSA) is 96.5 Å². The van der Waals surface area contributed by atoms with Crippen molar-refractivity contribution in [2.75, 3.05) is 18.0 Å². The number of hydrogen-bond acceptors (Lipinski definition) is 6. The smallest absolute Gasteiger partial charge is 0.249 e.